The molecular weight excluding hydrogens is 276 g/mol. The molecule has 1 unspecified atom stereocenters. The molecule has 0 heterocycles. The first-order valence-corrected chi connectivity index (χ1v) is 5.30. The molecule has 0 aliphatic heterocycles. The quantitative estimate of drug-likeness (QED) is 0.604. The molecule has 2 nitrogen and oxygen atoms in total. The van der Waals surface area contributed by atoms with Gasteiger partial charge in [0.1, 0.15) is 16.9 Å². The Labute approximate surface area is 106 Å². The maximum atomic E-state index is 13.2. The molecule has 18 heavy (non-hydrogen) atoms. The molecule has 0 saturated carbocycles. The van der Waals surface area contributed by atoms with Gasteiger partial charge in [0.05, 0.1) is 14.2 Å². The van der Waals surface area contributed by atoms with Gasteiger partial charge in [-0.2, -0.15) is 8.78 Å². The van der Waals surface area contributed by atoms with Gasteiger partial charge in [-0.3, -0.25) is 0 Å². The summed E-state index contributed by atoms with van der Waals surface area (Å²) in [7, 11) is 2.55. The Morgan fingerprint density at radius 2 is 1.78 bits per heavy atom. The molecule has 0 radical (unpaired) electrons. The van der Waals surface area contributed by atoms with Crippen molar-refractivity contribution in [1.82, 2.24) is 0 Å². The zero-order chi connectivity index (χ0) is 13.9. The maximum Gasteiger partial charge on any atom is 0.327 e. The molecule has 1 aromatic rings. The SMILES string of the molecule is COc1ccc(OC)c(C(Cl)C(F)(F)C(F)F)c1. The van der Waals surface area contributed by atoms with E-state index in [1.54, 1.807) is 0 Å². The molecule has 0 aliphatic carbocycles. The van der Waals surface area contributed by atoms with Crippen LogP contribution >= 0.6 is 11.6 Å². The van der Waals surface area contributed by atoms with Gasteiger partial charge in [-0.25, -0.2) is 8.78 Å². The molecule has 0 aromatic heterocycles. The molecule has 0 aliphatic rings. The van der Waals surface area contributed by atoms with E-state index in [9.17, 15) is 17.6 Å². The Kier molecular flexibility index (Phi) is 4.67. The average molecular weight is 287 g/mol. The molecule has 0 saturated heterocycles. The highest BCUT2D eigenvalue weighted by Crippen LogP contribution is 2.45. The molecule has 1 atom stereocenters. The van der Waals surface area contributed by atoms with E-state index in [4.69, 9.17) is 21.1 Å². The lowest BCUT2D eigenvalue weighted by molar-refractivity contribution is -0.130. The number of hydrogen-bond acceptors (Lipinski definition) is 2. The minimum absolute atomic E-state index is 0.00359. The molecule has 0 fully saturated rings. The zero-order valence-corrected chi connectivity index (χ0v) is 10.3. The van der Waals surface area contributed by atoms with Crippen molar-refractivity contribution in [2.45, 2.75) is 17.7 Å². The second kappa shape index (κ2) is 5.65. The number of ether oxygens (including phenoxy) is 2. The van der Waals surface area contributed by atoms with Crippen LogP contribution in [0.25, 0.3) is 0 Å². The van der Waals surface area contributed by atoms with Crippen molar-refractivity contribution >= 4 is 11.6 Å². The summed E-state index contributed by atoms with van der Waals surface area (Å²) in [5.41, 5.74) is -0.246. The van der Waals surface area contributed by atoms with E-state index in [1.165, 1.54) is 26.4 Å². The Bertz CT molecular complexity index is 412. The Hall–Kier alpha value is -1.17. The molecule has 0 N–H and O–H groups in total. The zero-order valence-electron chi connectivity index (χ0n) is 9.59. The third-order valence-corrected chi connectivity index (χ3v) is 2.86. The molecule has 0 spiro atoms. The van der Waals surface area contributed by atoms with Crippen LogP contribution in [0.15, 0.2) is 18.2 Å². The van der Waals surface area contributed by atoms with Gasteiger partial charge in [0.15, 0.2) is 0 Å². The molecule has 1 rings (SSSR count). The topological polar surface area (TPSA) is 18.5 Å². The fourth-order valence-corrected chi connectivity index (χ4v) is 1.62. The van der Waals surface area contributed by atoms with Crippen LogP contribution in [0.3, 0.4) is 0 Å². The van der Waals surface area contributed by atoms with Gasteiger partial charge in [0.25, 0.3) is 0 Å². The van der Waals surface area contributed by atoms with E-state index in [1.807, 2.05) is 0 Å². The molecular formula is C11H11ClF4O2. The van der Waals surface area contributed by atoms with Crippen molar-refractivity contribution in [2.75, 3.05) is 14.2 Å². The van der Waals surface area contributed by atoms with E-state index < -0.39 is 17.7 Å². The summed E-state index contributed by atoms with van der Waals surface area (Å²) in [5, 5.41) is -2.21. The van der Waals surface area contributed by atoms with E-state index >= 15 is 0 Å². The lowest BCUT2D eigenvalue weighted by Crippen LogP contribution is -2.31. The smallest absolute Gasteiger partial charge is 0.327 e. The monoisotopic (exact) mass is 286 g/mol. The molecule has 0 amide bonds. The Morgan fingerprint density at radius 1 is 1.17 bits per heavy atom. The molecule has 102 valence electrons. The summed E-state index contributed by atoms with van der Waals surface area (Å²) >= 11 is 5.44. The van der Waals surface area contributed by atoms with E-state index in [-0.39, 0.29) is 17.1 Å². The second-order valence-electron chi connectivity index (χ2n) is 3.45. The fraction of sp³-hybridized carbons (Fsp3) is 0.455. The van der Waals surface area contributed by atoms with E-state index in [0.717, 1.165) is 6.07 Å². The van der Waals surface area contributed by atoms with Crippen LogP contribution in [0, 0.1) is 0 Å². The highest BCUT2D eigenvalue weighted by molar-refractivity contribution is 6.21. The minimum Gasteiger partial charge on any atom is -0.497 e. The predicted octanol–water partition coefficient (Wildman–Crippen LogP) is 3.88. The number of rotatable bonds is 5. The van der Waals surface area contributed by atoms with Crippen LogP contribution in [0.2, 0.25) is 0 Å². The Balaban J connectivity index is 3.21. The van der Waals surface area contributed by atoms with Crippen molar-refractivity contribution in [3.8, 4) is 11.5 Å². The summed E-state index contributed by atoms with van der Waals surface area (Å²) in [4.78, 5) is 0. The predicted molar refractivity (Wildman–Crippen MR) is 59.1 cm³/mol. The van der Waals surface area contributed by atoms with Crippen LogP contribution in [0.1, 0.15) is 10.9 Å². The summed E-state index contributed by atoms with van der Waals surface area (Å²) in [6.45, 7) is 0. The van der Waals surface area contributed by atoms with Crippen molar-refractivity contribution in [3.05, 3.63) is 23.8 Å². The van der Waals surface area contributed by atoms with Gasteiger partial charge in [-0.1, -0.05) is 0 Å². The standard InChI is InChI=1S/C11H11ClF4O2/c1-17-6-3-4-8(18-2)7(5-6)9(12)11(15,16)10(13)14/h3-5,9-10H,1-2H3. The van der Waals surface area contributed by atoms with E-state index in [2.05, 4.69) is 0 Å². The number of methoxy groups -OCH3 is 2. The third kappa shape index (κ3) is 2.80. The van der Waals surface area contributed by atoms with Crippen molar-refractivity contribution in [1.29, 1.82) is 0 Å². The summed E-state index contributed by atoms with van der Waals surface area (Å²) in [6.07, 6.45) is -3.86. The second-order valence-corrected chi connectivity index (χ2v) is 3.88. The van der Waals surface area contributed by atoms with Crippen LogP contribution in [0.4, 0.5) is 17.6 Å². The van der Waals surface area contributed by atoms with Gasteiger partial charge in [0.2, 0.25) is 0 Å². The highest BCUT2D eigenvalue weighted by Gasteiger charge is 2.49. The first-order chi connectivity index (χ1) is 8.34. The number of benzene rings is 1. The molecule has 1 aromatic carbocycles. The maximum absolute atomic E-state index is 13.2. The lowest BCUT2D eigenvalue weighted by Gasteiger charge is -2.23. The Morgan fingerprint density at radius 3 is 2.22 bits per heavy atom. The summed E-state index contributed by atoms with van der Waals surface area (Å²) in [6, 6.07) is 3.92. The average Bonchev–Trinajstić information content (AvgIpc) is 2.36. The lowest BCUT2D eigenvalue weighted by atomic mass is 10.1. The van der Waals surface area contributed by atoms with Crippen LogP contribution in [-0.4, -0.2) is 26.6 Å². The number of alkyl halides is 5. The van der Waals surface area contributed by atoms with Crippen molar-refractivity contribution in [3.63, 3.8) is 0 Å². The number of halogens is 5. The first-order valence-electron chi connectivity index (χ1n) is 4.86. The van der Waals surface area contributed by atoms with Gasteiger partial charge < -0.3 is 9.47 Å². The van der Waals surface area contributed by atoms with Gasteiger partial charge in [0, 0.05) is 5.56 Å². The van der Waals surface area contributed by atoms with E-state index in [0.29, 0.717) is 0 Å². The van der Waals surface area contributed by atoms with Gasteiger partial charge in [-0.15, -0.1) is 11.6 Å². The summed E-state index contributed by atoms with van der Waals surface area (Å²) in [5.74, 6) is -4.14. The van der Waals surface area contributed by atoms with Gasteiger partial charge >= 0.3 is 12.3 Å². The first kappa shape index (κ1) is 14.9. The van der Waals surface area contributed by atoms with Crippen LogP contribution in [0.5, 0.6) is 11.5 Å². The largest absolute Gasteiger partial charge is 0.497 e. The van der Waals surface area contributed by atoms with Gasteiger partial charge in [-0.05, 0) is 18.2 Å². The van der Waals surface area contributed by atoms with Crippen molar-refractivity contribution < 1.29 is 27.0 Å². The van der Waals surface area contributed by atoms with Crippen LogP contribution in [-0.2, 0) is 0 Å². The highest BCUT2D eigenvalue weighted by atomic mass is 35.5. The normalized spacial score (nSPS) is 13.6. The number of hydrogen-bond donors (Lipinski definition) is 0. The third-order valence-electron chi connectivity index (χ3n) is 2.34. The van der Waals surface area contributed by atoms with Crippen molar-refractivity contribution in [2.24, 2.45) is 0 Å². The molecule has 0 bridgehead atoms. The summed E-state index contributed by atoms with van der Waals surface area (Å²) < 4.78 is 60.6. The minimum atomic E-state index is -4.36. The van der Waals surface area contributed by atoms with Crippen LogP contribution < -0.4 is 9.47 Å². The fourth-order valence-electron chi connectivity index (χ4n) is 1.36. The molecule has 7 heteroatoms.